The quantitative estimate of drug-likeness (QED) is 0.497. The maximum Gasteiger partial charge on any atom is 0.337 e. The Bertz CT molecular complexity index is 1150. The van der Waals surface area contributed by atoms with Crippen molar-refractivity contribution in [1.82, 2.24) is 5.32 Å². The Hall–Kier alpha value is -3.65. The zero-order valence-electron chi connectivity index (χ0n) is 17.9. The van der Waals surface area contributed by atoms with E-state index < -0.39 is 17.8 Å². The molecule has 0 unspecified atom stereocenters. The number of hydrogen-bond donors (Lipinski definition) is 2. The summed E-state index contributed by atoms with van der Waals surface area (Å²) in [6, 6.07) is 12.7. The minimum atomic E-state index is -0.709. The van der Waals surface area contributed by atoms with Crippen molar-refractivity contribution >= 4 is 46.7 Å². The highest BCUT2D eigenvalue weighted by Gasteiger charge is 2.39. The van der Waals surface area contributed by atoms with Gasteiger partial charge in [-0.3, -0.25) is 14.4 Å². The van der Waals surface area contributed by atoms with E-state index >= 15 is 0 Å². The second-order valence-electron chi connectivity index (χ2n) is 7.83. The molecule has 33 heavy (non-hydrogen) atoms. The number of nitrogens with one attached hydrogen (secondary N) is 2. The van der Waals surface area contributed by atoms with Gasteiger partial charge < -0.3 is 15.4 Å². The number of carbonyl (C=O) groups is 4. The van der Waals surface area contributed by atoms with Crippen molar-refractivity contribution in [3.8, 4) is 0 Å². The summed E-state index contributed by atoms with van der Waals surface area (Å²) in [7, 11) is 1.24. The van der Waals surface area contributed by atoms with Crippen molar-refractivity contribution in [3.63, 3.8) is 0 Å². The fourth-order valence-corrected chi connectivity index (χ4v) is 4.14. The summed E-state index contributed by atoms with van der Waals surface area (Å²) >= 11 is 6.17. The molecule has 0 radical (unpaired) electrons. The van der Waals surface area contributed by atoms with Crippen molar-refractivity contribution in [2.24, 2.45) is 0 Å². The van der Waals surface area contributed by atoms with E-state index in [4.69, 9.17) is 11.6 Å². The lowest BCUT2D eigenvalue weighted by molar-refractivity contribution is -0.120. The van der Waals surface area contributed by atoms with Crippen LogP contribution in [0.4, 0.5) is 11.4 Å². The molecule has 1 heterocycles. The van der Waals surface area contributed by atoms with E-state index in [2.05, 4.69) is 15.4 Å². The van der Waals surface area contributed by atoms with Crippen molar-refractivity contribution in [2.75, 3.05) is 17.3 Å². The van der Waals surface area contributed by atoms with Crippen LogP contribution >= 0.6 is 11.6 Å². The highest BCUT2D eigenvalue weighted by molar-refractivity contribution is 6.53. The number of rotatable bonds is 6. The number of halogens is 1. The lowest BCUT2D eigenvalue weighted by atomic mass is 10.1. The maximum absolute atomic E-state index is 13.0. The molecule has 0 atom stereocenters. The Balaban J connectivity index is 1.48. The summed E-state index contributed by atoms with van der Waals surface area (Å²) < 4.78 is 4.69. The van der Waals surface area contributed by atoms with Crippen LogP contribution in [-0.2, 0) is 14.3 Å². The highest BCUT2D eigenvalue weighted by Crippen LogP contribution is 2.30. The third-order valence-electron chi connectivity index (χ3n) is 5.66. The summed E-state index contributed by atoms with van der Waals surface area (Å²) in [5, 5.41) is 5.62. The summed E-state index contributed by atoms with van der Waals surface area (Å²) in [6.07, 6.45) is 4.24. The molecule has 4 rings (SSSR count). The van der Waals surface area contributed by atoms with Crippen LogP contribution in [0.15, 0.2) is 59.3 Å². The molecular formula is C24H22ClN3O5. The number of hydrogen-bond acceptors (Lipinski definition) is 6. The van der Waals surface area contributed by atoms with Gasteiger partial charge in [-0.1, -0.05) is 30.5 Å². The number of anilines is 2. The maximum atomic E-state index is 13.0. The molecule has 9 heteroatoms. The minimum absolute atomic E-state index is 0.0895. The molecule has 1 aliphatic heterocycles. The number of amides is 3. The van der Waals surface area contributed by atoms with E-state index in [1.165, 1.54) is 31.4 Å². The molecule has 0 aromatic heterocycles. The first-order valence-electron chi connectivity index (χ1n) is 10.5. The number of ether oxygens (including phenoxy) is 1. The predicted octanol–water partition coefficient (Wildman–Crippen LogP) is 3.58. The number of imide groups is 1. The van der Waals surface area contributed by atoms with Crippen LogP contribution in [0.2, 0.25) is 0 Å². The summed E-state index contributed by atoms with van der Waals surface area (Å²) in [6.45, 7) is 0. The summed E-state index contributed by atoms with van der Waals surface area (Å²) in [5.74, 6) is -2.10. The third-order valence-corrected chi connectivity index (χ3v) is 6.01. The lowest BCUT2D eigenvalue weighted by Gasteiger charge is -2.16. The van der Waals surface area contributed by atoms with Gasteiger partial charge >= 0.3 is 5.97 Å². The largest absolute Gasteiger partial charge is 0.465 e. The van der Waals surface area contributed by atoms with Crippen molar-refractivity contribution in [2.45, 2.75) is 31.7 Å². The van der Waals surface area contributed by atoms with Crippen LogP contribution in [-0.4, -0.2) is 36.8 Å². The molecule has 2 aromatic carbocycles. The lowest BCUT2D eigenvalue weighted by Crippen LogP contribution is -2.32. The summed E-state index contributed by atoms with van der Waals surface area (Å²) in [4.78, 5) is 50.7. The van der Waals surface area contributed by atoms with Gasteiger partial charge in [-0.05, 0) is 55.3 Å². The predicted molar refractivity (Wildman–Crippen MR) is 123 cm³/mol. The van der Waals surface area contributed by atoms with E-state index in [0.717, 1.165) is 30.6 Å². The topological polar surface area (TPSA) is 105 Å². The number of nitrogens with zero attached hydrogens (tertiary/aromatic N) is 1. The SMILES string of the molecule is COC(=O)c1cccc(N2C(=O)C(Cl)=C(Nc3ccc(C(=O)NC4CCCC4)cc3)C2=O)c1. The molecule has 2 aromatic rings. The normalized spacial score (nSPS) is 16.4. The molecule has 8 nitrogen and oxygen atoms in total. The average Bonchev–Trinajstić information content (AvgIpc) is 3.41. The molecule has 1 aliphatic carbocycles. The van der Waals surface area contributed by atoms with Crippen LogP contribution < -0.4 is 15.5 Å². The molecule has 0 bridgehead atoms. The Morgan fingerprint density at radius 1 is 1.00 bits per heavy atom. The van der Waals surface area contributed by atoms with Crippen LogP contribution in [0.3, 0.4) is 0 Å². The van der Waals surface area contributed by atoms with E-state index in [1.54, 1.807) is 24.3 Å². The Kier molecular flexibility index (Phi) is 6.46. The second kappa shape index (κ2) is 9.46. The molecule has 0 saturated heterocycles. The first kappa shape index (κ1) is 22.5. The van der Waals surface area contributed by atoms with Crippen LogP contribution in [0.1, 0.15) is 46.4 Å². The number of carbonyl (C=O) groups excluding carboxylic acids is 4. The van der Waals surface area contributed by atoms with E-state index in [9.17, 15) is 19.2 Å². The zero-order chi connectivity index (χ0) is 23.5. The molecule has 0 spiro atoms. The van der Waals surface area contributed by atoms with Gasteiger partial charge in [-0.2, -0.15) is 0 Å². The van der Waals surface area contributed by atoms with Gasteiger partial charge in [0, 0.05) is 17.3 Å². The van der Waals surface area contributed by atoms with Crippen molar-refractivity contribution in [3.05, 3.63) is 70.4 Å². The molecule has 2 N–H and O–H groups in total. The number of esters is 1. The number of methoxy groups -OCH3 is 1. The second-order valence-corrected chi connectivity index (χ2v) is 8.21. The third kappa shape index (κ3) is 4.61. The van der Waals surface area contributed by atoms with E-state index in [0.29, 0.717) is 11.3 Å². The fourth-order valence-electron chi connectivity index (χ4n) is 3.92. The zero-order valence-corrected chi connectivity index (χ0v) is 18.6. The molecular weight excluding hydrogens is 446 g/mol. The van der Waals surface area contributed by atoms with Gasteiger partial charge in [0.2, 0.25) is 0 Å². The smallest absolute Gasteiger partial charge is 0.337 e. The van der Waals surface area contributed by atoms with Crippen LogP contribution in [0.5, 0.6) is 0 Å². The van der Waals surface area contributed by atoms with E-state index in [-0.39, 0.29) is 33.9 Å². The van der Waals surface area contributed by atoms with Crippen molar-refractivity contribution in [1.29, 1.82) is 0 Å². The monoisotopic (exact) mass is 467 g/mol. The summed E-state index contributed by atoms with van der Waals surface area (Å²) in [5.41, 5.74) is 1.30. The Labute approximate surface area is 195 Å². The average molecular weight is 468 g/mol. The van der Waals surface area contributed by atoms with Gasteiger partial charge in [0.05, 0.1) is 18.4 Å². The molecule has 1 saturated carbocycles. The standard InChI is InChI=1S/C24H22ClN3O5/c1-33-24(32)15-5-4-8-18(13-15)28-22(30)19(25)20(23(28)31)26-17-11-9-14(10-12-17)21(29)27-16-6-2-3-7-16/h4-5,8-13,16,26H,2-3,6-7H2,1H3,(H,27,29). The minimum Gasteiger partial charge on any atom is -0.465 e. The van der Waals surface area contributed by atoms with Gasteiger partial charge in [0.15, 0.2) is 0 Å². The van der Waals surface area contributed by atoms with Gasteiger partial charge in [-0.25, -0.2) is 9.69 Å². The first-order valence-corrected chi connectivity index (χ1v) is 10.9. The molecule has 1 fully saturated rings. The van der Waals surface area contributed by atoms with Crippen LogP contribution in [0.25, 0.3) is 0 Å². The molecule has 3 amide bonds. The van der Waals surface area contributed by atoms with E-state index in [1.807, 2.05) is 0 Å². The Morgan fingerprint density at radius 3 is 2.36 bits per heavy atom. The Morgan fingerprint density at radius 2 is 1.70 bits per heavy atom. The highest BCUT2D eigenvalue weighted by atomic mass is 35.5. The van der Waals surface area contributed by atoms with Crippen LogP contribution in [0, 0.1) is 0 Å². The molecule has 2 aliphatic rings. The first-order chi connectivity index (χ1) is 15.9. The number of benzene rings is 2. The van der Waals surface area contributed by atoms with Crippen molar-refractivity contribution < 1.29 is 23.9 Å². The van der Waals surface area contributed by atoms with Gasteiger partial charge in [-0.15, -0.1) is 0 Å². The fraction of sp³-hybridized carbons (Fsp3) is 0.250. The van der Waals surface area contributed by atoms with Gasteiger partial charge in [0.25, 0.3) is 17.7 Å². The molecule has 170 valence electrons. The van der Waals surface area contributed by atoms with Gasteiger partial charge in [0.1, 0.15) is 10.7 Å².